The molecule has 126 valence electrons. The molecule has 0 N–H and O–H groups in total. The average Bonchev–Trinajstić information content (AvgIpc) is 3.09. The molecule has 4 heteroatoms. The maximum atomic E-state index is 12.5. The summed E-state index contributed by atoms with van der Waals surface area (Å²) in [5.41, 5.74) is 1.36. The van der Waals surface area contributed by atoms with Gasteiger partial charge in [-0.1, -0.05) is 30.3 Å². The molecule has 0 aromatic heterocycles. The van der Waals surface area contributed by atoms with E-state index >= 15 is 0 Å². The molecule has 1 amide bonds. The third-order valence-corrected chi connectivity index (χ3v) is 4.77. The Labute approximate surface area is 138 Å². The predicted octanol–water partition coefficient (Wildman–Crippen LogP) is 2.66. The molecule has 0 spiro atoms. The van der Waals surface area contributed by atoms with Crippen LogP contribution in [0.3, 0.4) is 0 Å². The van der Waals surface area contributed by atoms with Crippen molar-refractivity contribution in [1.82, 2.24) is 4.90 Å². The van der Waals surface area contributed by atoms with Crippen molar-refractivity contribution in [3.8, 4) is 0 Å². The van der Waals surface area contributed by atoms with Crippen molar-refractivity contribution in [3.63, 3.8) is 0 Å². The largest absolute Gasteiger partial charge is 0.381 e. The lowest BCUT2D eigenvalue weighted by Gasteiger charge is -2.26. The second-order valence-electron chi connectivity index (χ2n) is 6.57. The Morgan fingerprint density at radius 2 is 2.13 bits per heavy atom. The van der Waals surface area contributed by atoms with Crippen molar-refractivity contribution in [2.24, 2.45) is 5.92 Å². The number of benzene rings is 1. The van der Waals surface area contributed by atoms with Gasteiger partial charge in [-0.25, -0.2) is 0 Å². The Bertz CT molecular complexity index is 485. The fourth-order valence-electron chi connectivity index (χ4n) is 3.43. The fourth-order valence-corrected chi connectivity index (χ4v) is 3.43. The molecule has 0 aliphatic carbocycles. The van der Waals surface area contributed by atoms with Crippen LogP contribution in [0.25, 0.3) is 0 Å². The first-order valence-corrected chi connectivity index (χ1v) is 8.85. The molecule has 4 nitrogen and oxygen atoms in total. The van der Waals surface area contributed by atoms with Crippen LogP contribution in [-0.2, 0) is 20.7 Å². The molecule has 0 saturated carbocycles. The number of carbonyl (C=O) groups is 1. The van der Waals surface area contributed by atoms with Crippen LogP contribution in [0.15, 0.2) is 30.3 Å². The molecule has 1 aromatic rings. The highest BCUT2D eigenvalue weighted by atomic mass is 16.5. The van der Waals surface area contributed by atoms with Gasteiger partial charge in [-0.2, -0.15) is 0 Å². The number of hydrogen-bond donors (Lipinski definition) is 0. The molecule has 1 aromatic carbocycles. The molecule has 2 saturated heterocycles. The normalized spacial score (nSPS) is 24.8. The van der Waals surface area contributed by atoms with Crippen molar-refractivity contribution in [2.45, 2.75) is 38.2 Å². The van der Waals surface area contributed by atoms with Crippen LogP contribution in [0, 0.1) is 5.92 Å². The van der Waals surface area contributed by atoms with Gasteiger partial charge in [0, 0.05) is 26.3 Å². The van der Waals surface area contributed by atoms with Gasteiger partial charge in [-0.05, 0) is 37.7 Å². The summed E-state index contributed by atoms with van der Waals surface area (Å²) in [6.07, 6.45) is 5.23. The Kier molecular flexibility index (Phi) is 6.06. The molecular weight excluding hydrogens is 290 g/mol. The standard InChI is InChI=1S/C19H27NO3/c21-19(17-9-5-12-22-15-17)20-11-10-18(14-20)23-13-4-8-16-6-2-1-3-7-16/h1-3,6-7,17-18H,4-5,8-15H2. The van der Waals surface area contributed by atoms with Crippen molar-refractivity contribution in [2.75, 3.05) is 32.9 Å². The van der Waals surface area contributed by atoms with Gasteiger partial charge in [0.25, 0.3) is 0 Å². The van der Waals surface area contributed by atoms with Crippen LogP contribution in [0.5, 0.6) is 0 Å². The number of amides is 1. The van der Waals surface area contributed by atoms with Gasteiger partial charge in [0.15, 0.2) is 0 Å². The van der Waals surface area contributed by atoms with Crippen LogP contribution >= 0.6 is 0 Å². The molecule has 2 aliphatic heterocycles. The second-order valence-corrected chi connectivity index (χ2v) is 6.57. The van der Waals surface area contributed by atoms with Gasteiger partial charge in [-0.3, -0.25) is 4.79 Å². The molecule has 2 heterocycles. The van der Waals surface area contributed by atoms with Crippen molar-refractivity contribution in [1.29, 1.82) is 0 Å². The molecule has 2 atom stereocenters. The number of aryl methyl sites for hydroxylation is 1. The minimum absolute atomic E-state index is 0.0700. The third kappa shape index (κ3) is 4.79. The number of likely N-dealkylation sites (tertiary alicyclic amines) is 1. The van der Waals surface area contributed by atoms with Crippen molar-refractivity contribution < 1.29 is 14.3 Å². The number of nitrogens with zero attached hydrogens (tertiary/aromatic N) is 1. The van der Waals surface area contributed by atoms with Crippen molar-refractivity contribution in [3.05, 3.63) is 35.9 Å². The second kappa shape index (κ2) is 8.46. The molecule has 0 radical (unpaired) electrons. The smallest absolute Gasteiger partial charge is 0.228 e. The molecule has 3 rings (SSSR count). The summed E-state index contributed by atoms with van der Waals surface area (Å²) in [6.45, 7) is 3.75. The fraction of sp³-hybridized carbons (Fsp3) is 0.632. The maximum absolute atomic E-state index is 12.5. The first-order chi connectivity index (χ1) is 11.3. The summed E-state index contributed by atoms with van der Waals surface area (Å²) in [6, 6.07) is 10.5. The van der Waals surface area contributed by atoms with E-state index in [1.54, 1.807) is 0 Å². The van der Waals surface area contributed by atoms with E-state index in [0.717, 1.165) is 58.4 Å². The minimum Gasteiger partial charge on any atom is -0.381 e. The van der Waals surface area contributed by atoms with Crippen LogP contribution in [0.4, 0.5) is 0 Å². The van der Waals surface area contributed by atoms with Crippen LogP contribution < -0.4 is 0 Å². The molecule has 2 fully saturated rings. The van der Waals surface area contributed by atoms with Crippen LogP contribution in [0.1, 0.15) is 31.2 Å². The quantitative estimate of drug-likeness (QED) is 0.757. The zero-order valence-corrected chi connectivity index (χ0v) is 13.8. The Hall–Kier alpha value is -1.39. The lowest BCUT2D eigenvalue weighted by atomic mass is 10.0. The van der Waals surface area contributed by atoms with E-state index in [9.17, 15) is 4.79 Å². The Morgan fingerprint density at radius 1 is 1.26 bits per heavy atom. The molecule has 2 aliphatic rings. The monoisotopic (exact) mass is 317 g/mol. The first kappa shape index (κ1) is 16.5. The highest BCUT2D eigenvalue weighted by molar-refractivity contribution is 5.79. The van der Waals surface area contributed by atoms with Gasteiger partial charge in [0.2, 0.25) is 5.91 Å². The van der Waals surface area contributed by atoms with Gasteiger partial charge in [0.05, 0.1) is 18.6 Å². The SMILES string of the molecule is O=C(C1CCCOC1)N1CCC(OCCCc2ccccc2)C1. The topological polar surface area (TPSA) is 38.8 Å². The van der Waals surface area contributed by atoms with E-state index in [-0.39, 0.29) is 17.9 Å². The van der Waals surface area contributed by atoms with E-state index < -0.39 is 0 Å². The minimum atomic E-state index is 0.0700. The maximum Gasteiger partial charge on any atom is 0.228 e. The number of ether oxygens (including phenoxy) is 2. The average molecular weight is 317 g/mol. The van der Waals surface area contributed by atoms with Gasteiger partial charge >= 0.3 is 0 Å². The summed E-state index contributed by atoms with van der Waals surface area (Å²) in [5.74, 6) is 0.334. The number of rotatable bonds is 6. The zero-order valence-electron chi connectivity index (χ0n) is 13.8. The molecular formula is C19H27NO3. The van der Waals surface area contributed by atoms with Gasteiger partial charge in [0.1, 0.15) is 0 Å². The summed E-state index contributed by atoms with van der Waals surface area (Å²) >= 11 is 0. The van der Waals surface area contributed by atoms with E-state index in [2.05, 4.69) is 24.3 Å². The third-order valence-electron chi connectivity index (χ3n) is 4.77. The van der Waals surface area contributed by atoms with Crippen LogP contribution in [0.2, 0.25) is 0 Å². The summed E-state index contributed by atoms with van der Waals surface area (Å²) < 4.78 is 11.4. The Morgan fingerprint density at radius 3 is 2.91 bits per heavy atom. The lowest BCUT2D eigenvalue weighted by Crippen LogP contribution is -2.38. The zero-order chi connectivity index (χ0) is 15.9. The highest BCUT2D eigenvalue weighted by Gasteiger charge is 2.32. The van der Waals surface area contributed by atoms with Gasteiger partial charge in [-0.15, -0.1) is 0 Å². The van der Waals surface area contributed by atoms with Gasteiger partial charge < -0.3 is 14.4 Å². The Balaban J connectivity index is 1.34. The summed E-state index contributed by atoms with van der Waals surface area (Å²) in [7, 11) is 0. The number of carbonyl (C=O) groups excluding carboxylic acids is 1. The molecule has 0 bridgehead atoms. The van der Waals surface area contributed by atoms with E-state index in [0.29, 0.717) is 6.61 Å². The molecule has 2 unspecified atom stereocenters. The van der Waals surface area contributed by atoms with E-state index in [1.807, 2.05) is 11.0 Å². The molecule has 23 heavy (non-hydrogen) atoms. The highest BCUT2D eigenvalue weighted by Crippen LogP contribution is 2.21. The lowest BCUT2D eigenvalue weighted by molar-refractivity contribution is -0.139. The summed E-state index contributed by atoms with van der Waals surface area (Å²) in [5, 5.41) is 0. The van der Waals surface area contributed by atoms with E-state index in [1.165, 1.54) is 5.56 Å². The first-order valence-electron chi connectivity index (χ1n) is 8.85. The van der Waals surface area contributed by atoms with Crippen LogP contribution in [-0.4, -0.2) is 49.8 Å². The van der Waals surface area contributed by atoms with E-state index in [4.69, 9.17) is 9.47 Å². The number of hydrogen-bond acceptors (Lipinski definition) is 3. The predicted molar refractivity (Wildman–Crippen MR) is 89.2 cm³/mol. The summed E-state index contributed by atoms with van der Waals surface area (Å²) in [4.78, 5) is 14.4. The van der Waals surface area contributed by atoms with Crippen molar-refractivity contribution >= 4 is 5.91 Å².